The van der Waals surface area contributed by atoms with E-state index in [0.717, 1.165) is 48.3 Å². The zero-order valence-corrected chi connectivity index (χ0v) is 19.7. The van der Waals surface area contributed by atoms with E-state index < -0.39 is 0 Å². The van der Waals surface area contributed by atoms with Crippen LogP contribution in [0.1, 0.15) is 98.8 Å². The molecule has 166 valence electrons. The lowest BCUT2D eigenvalue weighted by Crippen LogP contribution is -2.57. The van der Waals surface area contributed by atoms with E-state index in [1.54, 1.807) is 0 Å². The highest BCUT2D eigenvalue weighted by atomic mass is 16.6. The summed E-state index contributed by atoms with van der Waals surface area (Å²) in [5.41, 5.74) is 0.968. The van der Waals surface area contributed by atoms with Gasteiger partial charge in [0, 0.05) is 0 Å². The summed E-state index contributed by atoms with van der Waals surface area (Å²) in [6.07, 6.45) is 14.2. The van der Waals surface area contributed by atoms with Gasteiger partial charge in [0.15, 0.2) is 0 Å². The minimum Gasteiger partial charge on any atom is -0.393 e. The molecule has 5 fully saturated rings. The summed E-state index contributed by atoms with van der Waals surface area (Å²) in [5, 5.41) is 10.3. The van der Waals surface area contributed by atoms with Gasteiger partial charge in [-0.1, -0.05) is 53.9 Å². The minimum absolute atomic E-state index is 0.0779. The zero-order chi connectivity index (χ0) is 20.6. The van der Waals surface area contributed by atoms with Gasteiger partial charge in [0.05, 0.1) is 18.3 Å². The first-order valence-corrected chi connectivity index (χ1v) is 13.1. The van der Waals surface area contributed by atoms with Crippen molar-refractivity contribution in [3.05, 3.63) is 0 Å². The van der Waals surface area contributed by atoms with Crippen LogP contribution in [0.4, 0.5) is 0 Å². The van der Waals surface area contributed by atoms with Crippen molar-refractivity contribution in [1.82, 2.24) is 0 Å². The fraction of sp³-hybridized carbons (Fsp3) is 1.00. The van der Waals surface area contributed by atoms with Gasteiger partial charge in [-0.3, -0.25) is 0 Å². The Morgan fingerprint density at radius 3 is 2.34 bits per heavy atom. The molecule has 0 aromatic rings. The molecule has 0 bridgehead atoms. The average molecular weight is 403 g/mol. The Balaban J connectivity index is 1.34. The Hall–Kier alpha value is -0.0800. The number of fused-ring (bicyclic) bond motifs is 8. The molecule has 1 heterocycles. The summed E-state index contributed by atoms with van der Waals surface area (Å²) >= 11 is 0. The molecule has 4 saturated carbocycles. The molecular weight excluding hydrogens is 356 g/mol. The van der Waals surface area contributed by atoms with E-state index in [2.05, 4.69) is 34.6 Å². The van der Waals surface area contributed by atoms with Crippen molar-refractivity contribution < 1.29 is 9.84 Å². The molecule has 2 heteroatoms. The third-order valence-corrected chi connectivity index (χ3v) is 11.1. The van der Waals surface area contributed by atoms with Crippen molar-refractivity contribution >= 4 is 0 Å². The van der Waals surface area contributed by atoms with Gasteiger partial charge in [-0.15, -0.1) is 0 Å². The third kappa shape index (κ3) is 3.17. The lowest BCUT2D eigenvalue weighted by atomic mass is 9.44. The lowest BCUT2D eigenvalue weighted by Gasteiger charge is -2.59. The number of ether oxygens (including phenoxy) is 1. The van der Waals surface area contributed by atoms with E-state index in [0.29, 0.717) is 29.0 Å². The highest BCUT2D eigenvalue weighted by molar-refractivity contribution is 5.18. The number of hydrogen-bond donors (Lipinski definition) is 1. The summed E-state index contributed by atoms with van der Waals surface area (Å²) in [7, 11) is 0. The monoisotopic (exact) mass is 402 g/mol. The Morgan fingerprint density at radius 2 is 1.59 bits per heavy atom. The predicted octanol–water partition coefficient (Wildman–Crippen LogP) is 6.46. The highest BCUT2D eigenvalue weighted by Crippen LogP contribution is 2.71. The molecule has 5 rings (SSSR count). The Labute approximate surface area is 179 Å². The van der Waals surface area contributed by atoms with Gasteiger partial charge in [0.25, 0.3) is 0 Å². The van der Waals surface area contributed by atoms with Gasteiger partial charge in [0.1, 0.15) is 0 Å². The van der Waals surface area contributed by atoms with Gasteiger partial charge >= 0.3 is 0 Å². The van der Waals surface area contributed by atoms with Crippen molar-refractivity contribution in [3.63, 3.8) is 0 Å². The van der Waals surface area contributed by atoms with Crippen molar-refractivity contribution in [2.75, 3.05) is 0 Å². The summed E-state index contributed by atoms with van der Waals surface area (Å²) < 4.78 is 6.46. The van der Waals surface area contributed by atoms with Crippen LogP contribution in [0.3, 0.4) is 0 Å². The molecule has 29 heavy (non-hydrogen) atoms. The number of hydrogen-bond acceptors (Lipinski definition) is 2. The molecule has 0 radical (unpaired) electrons. The van der Waals surface area contributed by atoms with E-state index in [4.69, 9.17) is 4.74 Å². The molecule has 0 amide bonds. The Morgan fingerprint density at radius 1 is 0.862 bits per heavy atom. The summed E-state index contributed by atoms with van der Waals surface area (Å²) in [4.78, 5) is 0. The molecule has 1 N–H and O–H groups in total. The van der Waals surface area contributed by atoms with Gasteiger partial charge < -0.3 is 9.84 Å². The normalized spacial score (nSPS) is 54.3. The van der Waals surface area contributed by atoms with Crippen molar-refractivity contribution in [2.24, 2.45) is 52.3 Å². The summed E-state index contributed by atoms with van der Waals surface area (Å²) in [6, 6.07) is 0. The fourth-order valence-electron chi connectivity index (χ4n) is 9.53. The minimum atomic E-state index is -0.0779. The largest absolute Gasteiger partial charge is 0.393 e. The standard InChI is InChI=1S/C27H46O2/c1-16(2)7-6-8-17(3)19-9-10-20-23-21(12-14-26(19,20)4)27(5)13-11-18(28)15-22(27)24-25(23)29-24/h16-25,28H,6-15H2,1-5H3/t17-,18+,19-,20+,21+,22-,23+,24+,25+,26-,27-/m1/s1. The molecule has 1 aliphatic heterocycles. The molecule has 0 spiro atoms. The van der Waals surface area contributed by atoms with Crippen molar-refractivity contribution in [1.29, 1.82) is 0 Å². The van der Waals surface area contributed by atoms with Crippen LogP contribution >= 0.6 is 0 Å². The predicted molar refractivity (Wildman–Crippen MR) is 119 cm³/mol. The van der Waals surface area contributed by atoms with Gasteiger partial charge in [-0.25, -0.2) is 0 Å². The fourth-order valence-corrected chi connectivity index (χ4v) is 9.53. The Kier molecular flexibility index (Phi) is 5.18. The molecule has 2 nitrogen and oxygen atoms in total. The second-order valence-electron chi connectivity index (χ2n) is 12.9. The number of aliphatic hydroxyl groups is 1. The van der Waals surface area contributed by atoms with E-state index >= 15 is 0 Å². The van der Waals surface area contributed by atoms with Gasteiger partial charge in [0.2, 0.25) is 0 Å². The van der Waals surface area contributed by atoms with Crippen LogP contribution in [0.25, 0.3) is 0 Å². The number of aliphatic hydroxyl groups excluding tert-OH is 1. The maximum Gasteiger partial charge on any atom is 0.0879 e. The van der Waals surface area contributed by atoms with Crippen LogP contribution in [0, 0.1) is 52.3 Å². The topological polar surface area (TPSA) is 32.8 Å². The first-order valence-electron chi connectivity index (χ1n) is 13.1. The second-order valence-corrected chi connectivity index (χ2v) is 12.9. The summed E-state index contributed by atoms with van der Waals surface area (Å²) in [6.45, 7) is 12.6. The van der Waals surface area contributed by atoms with E-state index in [1.807, 2.05) is 0 Å². The Bertz CT molecular complexity index is 616. The van der Waals surface area contributed by atoms with Crippen LogP contribution in [0.5, 0.6) is 0 Å². The lowest BCUT2D eigenvalue weighted by molar-refractivity contribution is -0.115. The van der Waals surface area contributed by atoms with Gasteiger partial charge in [-0.05, 0) is 97.2 Å². The quantitative estimate of drug-likeness (QED) is 0.536. The molecule has 1 saturated heterocycles. The third-order valence-electron chi connectivity index (χ3n) is 11.1. The molecule has 0 aromatic heterocycles. The number of epoxide rings is 1. The smallest absolute Gasteiger partial charge is 0.0879 e. The average Bonchev–Trinajstić information content (AvgIpc) is 3.37. The second kappa shape index (κ2) is 7.22. The van der Waals surface area contributed by atoms with Crippen LogP contribution in [-0.4, -0.2) is 23.4 Å². The molecule has 5 aliphatic rings. The zero-order valence-electron chi connectivity index (χ0n) is 19.7. The maximum atomic E-state index is 10.3. The molecule has 11 atom stereocenters. The first kappa shape index (κ1) is 20.8. The maximum absolute atomic E-state index is 10.3. The first-order chi connectivity index (χ1) is 13.8. The van der Waals surface area contributed by atoms with Crippen molar-refractivity contribution in [2.45, 2.75) is 117 Å². The number of rotatable bonds is 5. The molecule has 4 aliphatic carbocycles. The van der Waals surface area contributed by atoms with Crippen LogP contribution in [0.15, 0.2) is 0 Å². The highest BCUT2D eigenvalue weighted by Gasteiger charge is 2.70. The van der Waals surface area contributed by atoms with Crippen LogP contribution in [0.2, 0.25) is 0 Å². The molecular formula is C27H46O2. The van der Waals surface area contributed by atoms with E-state index in [1.165, 1.54) is 51.4 Å². The van der Waals surface area contributed by atoms with Gasteiger partial charge in [-0.2, -0.15) is 0 Å². The van der Waals surface area contributed by atoms with Crippen LogP contribution in [-0.2, 0) is 4.74 Å². The molecule has 0 unspecified atom stereocenters. The van der Waals surface area contributed by atoms with E-state index in [-0.39, 0.29) is 6.10 Å². The molecule has 0 aromatic carbocycles. The van der Waals surface area contributed by atoms with Crippen LogP contribution < -0.4 is 0 Å². The summed E-state index contributed by atoms with van der Waals surface area (Å²) in [5.74, 6) is 5.82. The SMILES string of the molecule is CC(C)CCC[C@@H](C)[C@H]1CC[C@H]2[C@@H]3[C@@H]4O[C@H]4[C@H]4C[C@@H](O)CC[C@]4(C)[C@H]3CC[C@]12C. The van der Waals surface area contributed by atoms with Crippen molar-refractivity contribution in [3.8, 4) is 0 Å². The van der Waals surface area contributed by atoms with E-state index in [9.17, 15) is 5.11 Å².